The van der Waals surface area contributed by atoms with E-state index in [1.807, 2.05) is 24.3 Å². The van der Waals surface area contributed by atoms with Crippen LogP contribution in [0.25, 0.3) is 0 Å². The Morgan fingerprint density at radius 2 is 1.96 bits per heavy atom. The third kappa shape index (κ3) is 5.10. The number of methoxy groups -OCH3 is 1. The molecule has 0 aliphatic carbocycles. The van der Waals surface area contributed by atoms with E-state index in [2.05, 4.69) is 4.90 Å². The molecule has 1 saturated heterocycles. The molecule has 2 aromatic rings. The van der Waals surface area contributed by atoms with Gasteiger partial charge in [0.1, 0.15) is 23.4 Å². The monoisotopic (exact) mass is 379 g/mol. The van der Waals surface area contributed by atoms with Gasteiger partial charge in [0, 0.05) is 32.1 Å². The van der Waals surface area contributed by atoms with E-state index in [1.165, 1.54) is 12.1 Å². The lowest BCUT2D eigenvalue weighted by Crippen LogP contribution is -2.37. The Morgan fingerprint density at radius 3 is 2.69 bits per heavy atom. The molecule has 0 N–H and O–H groups in total. The smallest absolute Gasteiger partial charge is 0.142 e. The maximum atomic E-state index is 13.4. The van der Waals surface area contributed by atoms with Crippen LogP contribution in [0.5, 0.6) is 11.5 Å². The highest BCUT2D eigenvalue weighted by molar-refractivity contribution is 6.30. The minimum atomic E-state index is -0.453. The maximum absolute atomic E-state index is 13.4. The predicted molar refractivity (Wildman–Crippen MR) is 99.6 cm³/mol. The van der Waals surface area contributed by atoms with Gasteiger partial charge in [-0.25, -0.2) is 4.39 Å². The summed E-state index contributed by atoms with van der Waals surface area (Å²) in [7, 11) is 1.64. The fourth-order valence-corrected chi connectivity index (χ4v) is 3.14. The second kappa shape index (κ2) is 9.21. The van der Waals surface area contributed by atoms with Crippen LogP contribution in [-0.4, -0.2) is 44.9 Å². The Hall–Kier alpha value is -1.82. The van der Waals surface area contributed by atoms with Crippen LogP contribution in [0.4, 0.5) is 4.39 Å². The Morgan fingerprint density at radius 1 is 1.15 bits per heavy atom. The average molecular weight is 380 g/mol. The Balaban J connectivity index is 1.76. The van der Waals surface area contributed by atoms with Crippen molar-refractivity contribution in [3.63, 3.8) is 0 Å². The molecular formula is C20H23ClFNO3. The molecule has 1 unspecified atom stereocenters. The number of hydrogen-bond acceptors (Lipinski definition) is 4. The fourth-order valence-electron chi connectivity index (χ4n) is 2.97. The van der Waals surface area contributed by atoms with Crippen molar-refractivity contribution in [1.82, 2.24) is 4.90 Å². The van der Waals surface area contributed by atoms with E-state index in [1.54, 1.807) is 13.2 Å². The highest BCUT2D eigenvalue weighted by Crippen LogP contribution is 2.30. The molecule has 6 heteroatoms. The maximum Gasteiger partial charge on any atom is 0.142 e. The third-order valence-corrected chi connectivity index (χ3v) is 4.74. The molecule has 0 amide bonds. The van der Waals surface area contributed by atoms with Gasteiger partial charge < -0.3 is 14.2 Å². The Kier molecular flexibility index (Phi) is 6.72. The van der Waals surface area contributed by atoms with E-state index in [0.29, 0.717) is 5.75 Å². The summed E-state index contributed by atoms with van der Waals surface area (Å²) in [6.07, 6.45) is 0.608. The van der Waals surface area contributed by atoms with Crippen LogP contribution in [0.1, 0.15) is 18.1 Å². The number of ether oxygens (including phenoxy) is 3. The molecule has 1 atom stereocenters. The topological polar surface area (TPSA) is 30.9 Å². The van der Waals surface area contributed by atoms with Crippen molar-refractivity contribution in [2.75, 3.05) is 40.0 Å². The van der Waals surface area contributed by atoms with Crippen molar-refractivity contribution in [2.24, 2.45) is 0 Å². The molecule has 1 heterocycles. The van der Waals surface area contributed by atoms with Crippen LogP contribution in [0.3, 0.4) is 0 Å². The first-order valence-electron chi connectivity index (χ1n) is 8.71. The third-order valence-electron chi connectivity index (χ3n) is 4.45. The highest BCUT2D eigenvalue weighted by Gasteiger charge is 2.18. The van der Waals surface area contributed by atoms with Crippen LogP contribution in [0, 0.1) is 5.82 Å². The first kappa shape index (κ1) is 19.0. The van der Waals surface area contributed by atoms with Crippen LogP contribution in [-0.2, 0) is 4.74 Å². The van der Waals surface area contributed by atoms with Gasteiger partial charge in [-0.15, -0.1) is 0 Å². The van der Waals surface area contributed by atoms with Gasteiger partial charge in [0.15, 0.2) is 0 Å². The molecule has 1 aliphatic heterocycles. The average Bonchev–Trinajstić information content (AvgIpc) is 2.68. The van der Waals surface area contributed by atoms with Crippen molar-refractivity contribution in [2.45, 2.75) is 12.5 Å². The van der Waals surface area contributed by atoms with Crippen molar-refractivity contribution in [1.29, 1.82) is 0 Å². The molecule has 4 nitrogen and oxygen atoms in total. The lowest BCUT2D eigenvalue weighted by Gasteiger charge is -2.29. The molecule has 0 aromatic heterocycles. The first-order valence-corrected chi connectivity index (χ1v) is 9.09. The predicted octanol–water partition coefficient (Wildman–Crippen LogP) is 4.33. The number of rotatable bonds is 7. The largest absolute Gasteiger partial charge is 0.497 e. The minimum absolute atomic E-state index is 0.0556. The van der Waals surface area contributed by atoms with Crippen molar-refractivity contribution < 1.29 is 18.6 Å². The van der Waals surface area contributed by atoms with E-state index >= 15 is 0 Å². The minimum Gasteiger partial charge on any atom is -0.497 e. The quantitative estimate of drug-likeness (QED) is 0.716. The molecular weight excluding hydrogens is 357 g/mol. The van der Waals surface area contributed by atoms with Crippen molar-refractivity contribution >= 4 is 11.6 Å². The second-order valence-corrected chi connectivity index (χ2v) is 6.61. The molecule has 3 rings (SSSR count). The van der Waals surface area contributed by atoms with Gasteiger partial charge in [-0.05, 0) is 29.8 Å². The van der Waals surface area contributed by atoms with Crippen LogP contribution >= 0.6 is 11.6 Å². The van der Waals surface area contributed by atoms with E-state index in [9.17, 15) is 4.39 Å². The van der Waals surface area contributed by atoms with E-state index in [-0.39, 0.29) is 11.1 Å². The van der Waals surface area contributed by atoms with E-state index in [4.69, 9.17) is 25.8 Å². The summed E-state index contributed by atoms with van der Waals surface area (Å²) in [6, 6.07) is 12.3. The molecule has 1 fully saturated rings. The molecule has 2 aromatic carbocycles. The summed E-state index contributed by atoms with van der Waals surface area (Å²) < 4.78 is 30.3. The van der Waals surface area contributed by atoms with E-state index < -0.39 is 5.82 Å². The number of nitrogens with zero attached hydrogens (tertiary/aromatic N) is 1. The Labute approximate surface area is 158 Å². The first-order chi connectivity index (χ1) is 12.7. The fraction of sp³-hybridized carbons (Fsp3) is 0.400. The molecule has 140 valence electrons. The molecule has 0 bridgehead atoms. The zero-order valence-electron chi connectivity index (χ0n) is 14.8. The summed E-state index contributed by atoms with van der Waals surface area (Å²) in [4.78, 5) is 2.36. The van der Waals surface area contributed by atoms with Gasteiger partial charge in [-0.1, -0.05) is 23.7 Å². The van der Waals surface area contributed by atoms with Crippen LogP contribution < -0.4 is 9.47 Å². The number of hydrogen-bond donors (Lipinski definition) is 0. The second-order valence-electron chi connectivity index (χ2n) is 6.20. The van der Waals surface area contributed by atoms with Crippen molar-refractivity contribution in [3.8, 4) is 11.5 Å². The summed E-state index contributed by atoms with van der Waals surface area (Å²) in [5.74, 6) is 0.871. The van der Waals surface area contributed by atoms with Gasteiger partial charge in [-0.2, -0.15) is 0 Å². The summed E-state index contributed by atoms with van der Waals surface area (Å²) >= 11 is 5.89. The highest BCUT2D eigenvalue weighted by atomic mass is 35.5. The SMILES string of the molecule is COc1cccc(C(CCN2CCOCC2)Oc2ccc(F)c(Cl)c2)c1. The Bertz CT molecular complexity index is 722. The summed E-state index contributed by atoms with van der Waals surface area (Å²) in [5, 5.41) is 0.0556. The summed E-state index contributed by atoms with van der Waals surface area (Å²) in [6.45, 7) is 4.26. The lowest BCUT2D eigenvalue weighted by atomic mass is 10.1. The van der Waals surface area contributed by atoms with Crippen molar-refractivity contribution in [3.05, 3.63) is 58.9 Å². The standard InChI is InChI=1S/C20H23ClFNO3/c1-24-16-4-2-3-15(13-16)20(7-8-23-9-11-25-12-10-23)26-17-5-6-19(22)18(21)14-17/h2-6,13-14,20H,7-12H2,1H3. The van der Waals surface area contributed by atoms with Crippen LogP contribution in [0.2, 0.25) is 5.02 Å². The number of halogens is 2. The summed E-state index contributed by atoms with van der Waals surface area (Å²) in [5.41, 5.74) is 1.01. The molecule has 0 spiro atoms. The van der Waals surface area contributed by atoms with Gasteiger partial charge in [-0.3, -0.25) is 4.90 Å². The molecule has 0 radical (unpaired) electrons. The number of morpholine rings is 1. The zero-order chi connectivity index (χ0) is 18.4. The van der Waals surface area contributed by atoms with Gasteiger partial charge in [0.2, 0.25) is 0 Å². The molecule has 1 aliphatic rings. The van der Waals surface area contributed by atoms with Crippen LogP contribution in [0.15, 0.2) is 42.5 Å². The number of benzene rings is 2. The molecule has 0 saturated carbocycles. The van der Waals surface area contributed by atoms with Gasteiger partial charge >= 0.3 is 0 Å². The van der Waals surface area contributed by atoms with Gasteiger partial charge in [0.25, 0.3) is 0 Å². The zero-order valence-corrected chi connectivity index (χ0v) is 15.5. The lowest BCUT2D eigenvalue weighted by molar-refractivity contribution is 0.0317. The normalized spacial score (nSPS) is 16.3. The molecule has 26 heavy (non-hydrogen) atoms. The van der Waals surface area contributed by atoms with Gasteiger partial charge in [0.05, 0.1) is 25.3 Å². The van der Waals surface area contributed by atoms with E-state index in [0.717, 1.165) is 50.6 Å².